The van der Waals surface area contributed by atoms with Gasteiger partial charge in [-0.3, -0.25) is 14.4 Å². The van der Waals surface area contributed by atoms with Gasteiger partial charge in [0, 0.05) is 12.3 Å². The molecule has 0 bridgehead atoms. The summed E-state index contributed by atoms with van der Waals surface area (Å²) in [7, 11) is 0. The largest absolute Gasteiger partial charge is 0.464 e. The van der Waals surface area contributed by atoms with Gasteiger partial charge in [0.2, 0.25) is 11.8 Å². The topological polar surface area (TPSA) is 131 Å². The van der Waals surface area contributed by atoms with Crippen LogP contribution in [0.2, 0.25) is 0 Å². The smallest absolute Gasteiger partial charge is 0.408 e. The molecule has 4 atom stereocenters. The highest BCUT2D eigenvalue weighted by Gasteiger charge is 2.55. The standard InChI is InChI=1S/C26H39N3O7/c1-5-35-23(33)26-14-13-17(26)11-9-7-6-8-10-12-19(27-24(34)36-25(2,3)4)22(32)29-16-18(30)15-20(29)21(31)28-26/h9,11,17,19-20H,5-8,10,12-16H2,1-4H3,(H,27,34)(H,28,31). The van der Waals surface area contributed by atoms with Crippen molar-refractivity contribution in [2.24, 2.45) is 5.92 Å². The number of carbonyl (C=O) groups is 5. The molecule has 0 spiro atoms. The number of allylic oxidation sites excluding steroid dienone is 1. The minimum Gasteiger partial charge on any atom is -0.464 e. The Hall–Kier alpha value is -2.91. The lowest BCUT2D eigenvalue weighted by atomic mass is 9.66. The summed E-state index contributed by atoms with van der Waals surface area (Å²) in [5.74, 6) is -2.04. The molecular weight excluding hydrogens is 466 g/mol. The van der Waals surface area contributed by atoms with Crippen LogP contribution in [0, 0.1) is 5.92 Å². The van der Waals surface area contributed by atoms with Crippen LogP contribution in [0.3, 0.4) is 0 Å². The molecule has 2 N–H and O–H groups in total. The summed E-state index contributed by atoms with van der Waals surface area (Å²) in [6.07, 6.45) is 7.80. The van der Waals surface area contributed by atoms with E-state index < -0.39 is 47.1 Å². The first-order valence-electron chi connectivity index (χ1n) is 12.9. The van der Waals surface area contributed by atoms with Gasteiger partial charge in [0.05, 0.1) is 13.2 Å². The molecule has 2 heterocycles. The third-order valence-electron chi connectivity index (χ3n) is 6.92. The van der Waals surface area contributed by atoms with Crippen LogP contribution in [0.5, 0.6) is 0 Å². The van der Waals surface area contributed by atoms with E-state index >= 15 is 0 Å². The van der Waals surface area contributed by atoms with Crippen LogP contribution >= 0.6 is 0 Å². The van der Waals surface area contributed by atoms with Gasteiger partial charge in [-0.05, 0) is 59.8 Å². The molecule has 1 aliphatic carbocycles. The van der Waals surface area contributed by atoms with Crippen LogP contribution in [0.1, 0.15) is 79.1 Å². The van der Waals surface area contributed by atoms with E-state index in [1.165, 1.54) is 4.90 Å². The van der Waals surface area contributed by atoms with Crippen molar-refractivity contribution in [2.45, 2.75) is 102 Å². The number of esters is 1. The molecule has 10 heteroatoms. The molecule has 0 radical (unpaired) electrons. The number of ketones is 1. The molecule has 2 fully saturated rings. The summed E-state index contributed by atoms with van der Waals surface area (Å²) in [4.78, 5) is 66.0. The minimum atomic E-state index is -1.21. The number of hydrogen-bond donors (Lipinski definition) is 2. The van der Waals surface area contributed by atoms with Gasteiger partial charge < -0.3 is 25.0 Å². The van der Waals surface area contributed by atoms with Gasteiger partial charge in [0.1, 0.15) is 23.2 Å². The summed E-state index contributed by atoms with van der Waals surface area (Å²) in [6, 6.07) is -1.99. The number of alkyl carbamates (subject to hydrolysis) is 1. The van der Waals surface area contributed by atoms with Crippen molar-refractivity contribution in [3.05, 3.63) is 12.2 Å². The van der Waals surface area contributed by atoms with E-state index in [4.69, 9.17) is 9.47 Å². The van der Waals surface area contributed by atoms with E-state index in [0.717, 1.165) is 25.7 Å². The predicted molar refractivity (Wildman–Crippen MR) is 131 cm³/mol. The van der Waals surface area contributed by atoms with Crippen LogP contribution in [0.15, 0.2) is 12.2 Å². The Morgan fingerprint density at radius 1 is 1.17 bits per heavy atom. The van der Waals surface area contributed by atoms with Gasteiger partial charge in [-0.2, -0.15) is 0 Å². The lowest BCUT2D eigenvalue weighted by Crippen LogP contribution is -2.67. The first-order chi connectivity index (χ1) is 17.0. The number of fused-ring (bicyclic) bond motifs is 2. The Balaban J connectivity index is 1.88. The van der Waals surface area contributed by atoms with Gasteiger partial charge >= 0.3 is 12.1 Å². The molecule has 2 aliphatic heterocycles. The third kappa shape index (κ3) is 6.44. The van der Waals surface area contributed by atoms with Crippen LogP contribution in [0.25, 0.3) is 0 Å². The molecule has 0 aromatic heterocycles. The van der Waals surface area contributed by atoms with E-state index in [1.54, 1.807) is 27.7 Å². The summed E-state index contributed by atoms with van der Waals surface area (Å²) < 4.78 is 10.6. The van der Waals surface area contributed by atoms with Crippen LogP contribution in [-0.4, -0.2) is 70.9 Å². The maximum atomic E-state index is 13.6. The number of carbonyl (C=O) groups excluding carboxylic acids is 5. The van der Waals surface area contributed by atoms with Crippen molar-refractivity contribution in [2.75, 3.05) is 13.2 Å². The van der Waals surface area contributed by atoms with Crippen molar-refractivity contribution in [3.63, 3.8) is 0 Å². The fourth-order valence-corrected chi connectivity index (χ4v) is 4.99. The number of nitrogens with zero attached hydrogens (tertiary/aromatic N) is 1. The van der Waals surface area contributed by atoms with E-state index in [-0.39, 0.29) is 31.3 Å². The first kappa shape index (κ1) is 27.7. The summed E-state index contributed by atoms with van der Waals surface area (Å²) >= 11 is 0. The number of ether oxygens (including phenoxy) is 2. The minimum absolute atomic E-state index is 0.143. The SMILES string of the molecule is CCOC(=O)C12CCC1C=CCCCCCC(NC(=O)OC(C)(C)C)C(=O)N1CC(=O)CC1C(=O)N2. The normalized spacial score (nSPS) is 29.6. The zero-order valence-corrected chi connectivity index (χ0v) is 21.8. The molecular formula is C26H39N3O7. The molecule has 1 saturated heterocycles. The maximum Gasteiger partial charge on any atom is 0.408 e. The molecule has 1 saturated carbocycles. The Morgan fingerprint density at radius 2 is 1.92 bits per heavy atom. The number of Topliss-reactive ketones (excluding diaryl/α,β-unsaturated/α-hetero) is 1. The number of amides is 3. The maximum absolute atomic E-state index is 13.6. The summed E-state index contributed by atoms with van der Waals surface area (Å²) in [5.41, 5.74) is -1.95. The van der Waals surface area contributed by atoms with E-state index in [2.05, 4.69) is 10.6 Å². The van der Waals surface area contributed by atoms with Crippen LogP contribution in [0.4, 0.5) is 4.79 Å². The predicted octanol–water partition coefficient (Wildman–Crippen LogP) is 2.40. The van der Waals surface area contributed by atoms with Crippen molar-refractivity contribution in [3.8, 4) is 0 Å². The number of rotatable bonds is 3. The molecule has 36 heavy (non-hydrogen) atoms. The average Bonchev–Trinajstić information content (AvgIpc) is 3.17. The second-order valence-electron chi connectivity index (χ2n) is 10.8. The zero-order chi connectivity index (χ0) is 26.5. The highest BCUT2D eigenvalue weighted by molar-refractivity contribution is 6.02. The second-order valence-corrected chi connectivity index (χ2v) is 10.8. The Kier molecular flexibility index (Phi) is 8.79. The summed E-state index contributed by atoms with van der Waals surface area (Å²) in [6.45, 7) is 6.85. The lowest BCUT2D eigenvalue weighted by molar-refractivity contribution is -0.161. The van der Waals surface area contributed by atoms with Crippen molar-refractivity contribution < 1.29 is 33.4 Å². The molecule has 3 amide bonds. The van der Waals surface area contributed by atoms with Crippen LogP contribution < -0.4 is 10.6 Å². The molecule has 3 aliphatic rings. The fraction of sp³-hybridized carbons (Fsp3) is 0.731. The highest BCUT2D eigenvalue weighted by Crippen LogP contribution is 2.41. The third-order valence-corrected chi connectivity index (χ3v) is 6.92. The molecule has 0 aromatic rings. The van der Waals surface area contributed by atoms with Crippen LogP contribution in [-0.2, 0) is 28.7 Å². The first-order valence-corrected chi connectivity index (χ1v) is 12.9. The van der Waals surface area contributed by atoms with Gasteiger partial charge in [-0.25, -0.2) is 9.59 Å². The van der Waals surface area contributed by atoms with Crippen molar-refractivity contribution >= 4 is 29.7 Å². The average molecular weight is 506 g/mol. The fourth-order valence-electron chi connectivity index (χ4n) is 4.99. The van der Waals surface area contributed by atoms with Crippen molar-refractivity contribution in [1.82, 2.24) is 15.5 Å². The van der Waals surface area contributed by atoms with Gasteiger partial charge in [0.25, 0.3) is 0 Å². The van der Waals surface area contributed by atoms with Gasteiger partial charge in [-0.1, -0.05) is 25.0 Å². The molecule has 0 aromatic carbocycles. The van der Waals surface area contributed by atoms with Gasteiger partial charge in [0.15, 0.2) is 5.78 Å². The molecule has 10 nitrogen and oxygen atoms in total. The Labute approximate surface area is 212 Å². The molecule has 200 valence electrons. The Bertz CT molecular complexity index is 910. The molecule has 4 unspecified atom stereocenters. The second kappa shape index (κ2) is 11.4. The Morgan fingerprint density at radius 3 is 2.56 bits per heavy atom. The van der Waals surface area contributed by atoms with E-state index in [1.807, 2.05) is 12.2 Å². The monoisotopic (exact) mass is 505 g/mol. The number of nitrogens with one attached hydrogen (secondary N) is 2. The van der Waals surface area contributed by atoms with E-state index in [9.17, 15) is 24.0 Å². The molecule has 3 rings (SSSR count). The van der Waals surface area contributed by atoms with E-state index in [0.29, 0.717) is 19.3 Å². The number of hydrogen-bond acceptors (Lipinski definition) is 7. The quantitative estimate of drug-likeness (QED) is 0.445. The van der Waals surface area contributed by atoms with Crippen molar-refractivity contribution in [1.29, 1.82) is 0 Å². The highest BCUT2D eigenvalue weighted by atomic mass is 16.6. The zero-order valence-electron chi connectivity index (χ0n) is 21.8. The van der Waals surface area contributed by atoms with Gasteiger partial charge in [-0.15, -0.1) is 0 Å². The lowest BCUT2D eigenvalue weighted by Gasteiger charge is -2.47. The summed E-state index contributed by atoms with van der Waals surface area (Å²) in [5, 5.41) is 5.51.